The summed E-state index contributed by atoms with van der Waals surface area (Å²) in [5, 5.41) is 35.1. The lowest BCUT2D eigenvalue weighted by Gasteiger charge is -2.44. The summed E-state index contributed by atoms with van der Waals surface area (Å²) in [5.41, 5.74) is 1.05. The Labute approximate surface area is 203 Å². The van der Waals surface area contributed by atoms with Crippen molar-refractivity contribution in [2.45, 2.75) is 31.3 Å². The predicted molar refractivity (Wildman–Crippen MR) is 119 cm³/mol. The summed E-state index contributed by atoms with van der Waals surface area (Å²) in [7, 11) is 0. The molecule has 3 atom stereocenters. The second-order valence-corrected chi connectivity index (χ2v) is 9.10. The van der Waals surface area contributed by atoms with Crippen LogP contribution in [-0.4, -0.2) is 56.4 Å². The monoisotopic (exact) mass is 507 g/mol. The normalized spacial score (nSPS) is 22.5. The predicted octanol–water partition coefficient (Wildman–Crippen LogP) is 2.63. The zero-order valence-corrected chi connectivity index (χ0v) is 18.9. The first-order valence-corrected chi connectivity index (χ1v) is 11.3. The van der Waals surface area contributed by atoms with Gasteiger partial charge in [0.1, 0.15) is 35.5 Å². The van der Waals surface area contributed by atoms with Gasteiger partial charge in [-0.05, 0) is 29.7 Å². The van der Waals surface area contributed by atoms with E-state index in [1.165, 1.54) is 11.1 Å². The van der Waals surface area contributed by atoms with E-state index in [1.54, 1.807) is 17.0 Å². The molecular formula is C24H21ClF3N3O4. The van der Waals surface area contributed by atoms with Gasteiger partial charge in [-0.3, -0.25) is 10.1 Å². The van der Waals surface area contributed by atoms with Crippen molar-refractivity contribution < 1.29 is 33.3 Å². The van der Waals surface area contributed by atoms with E-state index in [9.17, 15) is 33.3 Å². The number of halogens is 4. The molecule has 2 aromatic rings. The van der Waals surface area contributed by atoms with Crippen LogP contribution in [-0.2, 0) is 17.8 Å². The SMILES string of the molecule is O=C1C2=C(O)C(O)C(C(O)NCc3c(F)cc(F)cc3F)=CN2[C@@H]2CN1CCc1ccc(Cl)cc12. The number of hydrogen-bond donors (Lipinski definition) is 4. The zero-order valence-electron chi connectivity index (χ0n) is 18.2. The third-order valence-electron chi connectivity index (χ3n) is 6.59. The zero-order chi connectivity index (χ0) is 25.0. The number of nitrogens with zero attached hydrogens (tertiary/aromatic N) is 2. The first-order chi connectivity index (χ1) is 16.7. The minimum absolute atomic E-state index is 0.117. The van der Waals surface area contributed by atoms with Gasteiger partial charge in [-0.15, -0.1) is 0 Å². The molecule has 2 unspecified atom stereocenters. The molecule has 1 amide bonds. The van der Waals surface area contributed by atoms with Crippen molar-refractivity contribution in [3.63, 3.8) is 0 Å². The van der Waals surface area contributed by atoms with Gasteiger partial charge in [-0.25, -0.2) is 13.2 Å². The number of fused-ring (bicyclic) bond motifs is 6. The van der Waals surface area contributed by atoms with Crippen LogP contribution in [0.2, 0.25) is 5.02 Å². The maximum Gasteiger partial charge on any atom is 0.274 e. The van der Waals surface area contributed by atoms with Crippen LogP contribution in [0, 0.1) is 17.5 Å². The lowest BCUT2D eigenvalue weighted by molar-refractivity contribution is -0.133. The van der Waals surface area contributed by atoms with Gasteiger partial charge in [0.2, 0.25) is 0 Å². The third kappa shape index (κ3) is 4.06. The van der Waals surface area contributed by atoms with Crippen LogP contribution >= 0.6 is 11.6 Å². The van der Waals surface area contributed by atoms with E-state index < -0.39 is 59.6 Å². The van der Waals surface area contributed by atoms with Crippen LogP contribution in [0.4, 0.5) is 13.2 Å². The Balaban J connectivity index is 1.48. The molecule has 0 aliphatic carbocycles. The van der Waals surface area contributed by atoms with Crippen LogP contribution in [0.5, 0.6) is 0 Å². The fourth-order valence-corrected chi connectivity index (χ4v) is 4.97. The standard InChI is InChI=1S/C24H21ClF3N3O4/c25-12-2-1-11-3-4-30-10-19(14(11)5-12)31-9-16(21(32)22(33)20(31)24(30)35)23(34)29-8-15-17(27)6-13(26)7-18(15)28/h1-2,5-7,9,19,21,23,29,32-34H,3-4,8,10H2/t19-,21?,23?/m1/s1. The summed E-state index contributed by atoms with van der Waals surface area (Å²) < 4.78 is 41.1. The van der Waals surface area contributed by atoms with Crippen molar-refractivity contribution in [2.75, 3.05) is 13.1 Å². The van der Waals surface area contributed by atoms with E-state index in [0.29, 0.717) is 36.7 Å². The van der Waals surface area contributed by atoms with E-state index in [1.807, 2.05) is 6.07 Å². The summed E-state index contributed by atoms with van der Waals surface area (Å²) >= 11 is 6.23. The molecule has 1 fully saturated rings. The molecule has 3 aliphatic rings. The van der Waals surface area contributed by atoms with E-state index in [4.69, 9.17) is 11.6 Å². The molecule has 0 spiro atoms. The Hall–Kier alpha value is -3.05. The molecule has 1 saturated heterocycles. The molecule has 3 aliphatic heterocycles. The van der Waals surface area contributed by atoms with Crippen molar-refractivity contribution in [2.24, 2.45) is 0 Å². The summed E-state index contributed by atoms with van der Waals surface area (Å²) in [4.78, 5) is 16.2. The van der Waals surface area contributed by atoms with Crippen LogP contribution in [0.3, 0.4) is 0 Å². The fraction of sp³-hybridized carbons (Fsp3) is 0.292. The van der Waals surface area contributed by atoms with Gasteiger partial charge in [0.25, 0.3) is 5.91 Å². The molecule has 5 rings (SSSR count). The quantitative estimate of drug-likeness (QED) is 0.475. The number of carbonyl (C=O) groups excluding carboxylic acids is 1. The van der Waals surface area contributed by atoms with Crippen LogP contribution in [0.25, 0.3) is 0 Å². The second-order valence-electron chi connectivity index (χ2n) is 8.66. The topological polar surface area (TPSA) is 96.3 Å². The first kappa shape index (κ1) is 23.7. The van der Waals surface area contributed by atoms with Crippen molar-refractivity contribution in [3.05, 3.63) is 92.7 Å². The Kier molecular flexibility index (Phi) is 6.00. The molecule has 0 radical (unpaired) electrons. The number of benzene rings is 2. The van der Waals surface area contributed by atoms with Crippen molar-refractivity contribution in [1.29, 1.82) is 0 Å². The van der Waals surface area contributed by atoms with Gasteiger partial charge >= 0.3 is 0 Å². The number of aliphatic hydroxyl groups is 3. The number of hydrogen-bond acceptors (Lipinski definition) is 6. The summed E-state index contributed by atoms with van der Waals surface area (Å²) in [6.45, 7) is 0.174. The van der Waals surface area contributed by atoms with Gasteiger partial charge in [-0.1, -0.05) is 17.7 Å². The smallest absolute Gasteiger partial charge is 0.274 e. The number of nitrogens with one attached hydrogen (secondary N) is 1. The first-order valence-electron chi connectivity index (χ1n) is 10.9. The molecule has 35 heavy (non-hydrogen) atoms. The highest BCUT2D eigenvalue weighted by Gasteiger charge is 2.45. The molecular weight excluding hydrogens is 487 g/mol. The average Bonchev–Trinajstić information content (AvgIpc) is 2.96. The van der Waals surface area contributed by atoms with Crippen LogP contribution < -0.4 is 5.32 Å². The van der Waals surface area contributed by atoms with E-state index in [-0.39, 0.29) is 11.3 Å². The molecule has 2 bridgehead atoms. The molecule has 4 N–H and O–H groups in total. The molecule has 2 aromatic carbocycles. The largest absolute Gasteiger partial charge is 0.507 e. The minimum atomic E-state index is -1.74. The highest BCUT2D eigenvalue weighted by atomic mass is 35.5. The number of rotatable bonds is 4. The summed E-state index contributed by atoms with van der Waals surface area (Å²) in [6, 6.07) is 5.98. The molecule has 0 saturated carbocycles. The number of piperazine rings is 1. The minimum Gasteiger partial charge on any atom is -0.507 e. The summed E-state index contributed by atoms with van der Waals surface area (Å²) in [5.74, 6) is -4.47. The number of aliphatic hydroxyl groups excluding tert-OH is 3. The maximum absolute atomic E-state index is 14.0. The summed E-state index contributed by atoms with van der Waals surface area (Å²) in [6.07, 6.45) is -1.47. The molecule has 7 nitrogen and oxygen atoms in total. The van der Waals surface area contributed by atoms with Gasteiger partial charge in [-0.2, -0.15) is 0 Å². The van der Waals surface area contributed by atoms with E-state index >= 15 is 0 Å². The third-order valence-corrected chi connectivity index (χ3v) is 6.83. The highest BCUT2D eigenvalue weighted by molar-refractivity contribution is 6.30. The Morgan fingerprint density at radius 2 is 1.89 bits per heavy atom. The van der Waals surface area contributed by atoms with E-state index in [2.05, 4.69) is 5.32 Å². The number of carbonyl (C=O) groups is 1. The Morgan fingerprint density at radius 1 is 1.17 bits per heavy atom. The second kappa shape index (κ2) is 8.87. The van der Waals surface area contributed by atoms with Gasteiger partial charge < -0.3 is 25.1 Å². The molecule has 184 valence electrons. The lowest BCUT2D eigenvalue weighted by Crippen LogP contribution is -2.52. The van der Waals surface area contributed by atoms with Crippen molar-refractivity contribution in [1.82, 2.24) is 15.1 Å². The van der Waals surface area contributed by atoms with Gasteiger partial charge in [0, 0.05) is 54.1 Å². The van der Waals surface area contributed by atoms with Gasteiger partial charge in [0.05, 0.1) is 6.04 Å². The fourth-order valence-electron chi connectivity index (χ4n) is 4.79. The molecule has 3 heterocycles. The Bertz CT molecular complexity index is 1260. The molecule has 0 aromatic heterocycles. The van der Waals surface area contributed by atoms with Gasteiger partial charge in [0.15, 0.2) is 5.76 Å². The van der Waals surface area contributed by atoms with E-state index in [0.717, 1.165) is 11.1 Å². The van der Waals surface area contributed by atoms with Crippen LogP contribution in [0.15, 0.2) is 53.6 Å². The average molecular weight is 508 g/mol. The molecule has 11 heteroatoms. The highest BCUT2D eigenvalue weighted by Crippen LogP contribution is 2.41. The van der Waals surface area contributed by atoms with Crippen molar-refractivity contribution in [3.8, 4) is 0 Å². The number of amides is 1. The maximum atomic E-state index is 14.0. The Morgan fingerprint density at radius 3 is 2.60 bits per heavy atom. The van der Waals surface area contributed by atoms with Crippen LogP contribution in [0.1, 0.15) is 22.7 Å². The van der Waals surface area contributed by atoms with Crippen molar-refractivity contribution >= 4 is 17.5 Å². The lowest BCUT2D eigenvalue weighted by atomic mass is 9.93.